The van der Waals surface area contributed by atoms with Crippen molar-refractivity contribution in [2.75, 3.05) is 32.8 Å². The number of carbonyl (C=O) groups is 2. The molecule has 130 valence electrons. The van der Waals surface area contributed by atoms with E-state index in [0.29, 0.717) is 25.3 Å². The maximum atomic E-state index is 12.4. The van der Waals surface area contributed by atoms with Crippen molar-refractivity contribution in [1.29, 1.82) is 0 Å². The van der Waals surface area contributed by atoms with E-state index in [9.17, 15) is 9.59 Å². The molecule has 0 N–H and O–H groups in total. The van der Waals surface area contributed by atoms with E-state index in [2.05, 4.69) is 4.90 Å². The van der Waals surface area contributed by atoms with Crippen LogP contribution in [0, 0.1) is 5.41 Å². The predicted octanol–water partition coefficient (Wildman–Crippen LogP) is 1.91. The summed E-state index contributed by atoms with van der Waals surface area (Å²) in [5, 5.41) is 0. The summed E-state index contributed by atoms with van der Waals surface area (Å²) in [7, 11) is 0. The van der Waals surface area contributed by atoms with Crippen molar-refractivity contribution in [1.82, 2.24) is 9.80 Å². The Morgan fingerprint density at radius 1 is 1.25 bits per heavy atom. The van der Waals surface area contributed by atoms with E-state index < -0.39 is 0 Å². The van der Waals surface area contributed by atoms with Crippen LogP contribution in [-0.4, -0.2) is 60.5 Å². The number of nitrogens with zero attached hydrogens (tertiary/aromatic N) is 2. The lowest BCUT2D eigenvalue weighted by molar-refractivity contribution is -0.141. The number of amides is 2. The van der Waals surface area contributed by atoms with E-state index in [4.69, 9.17) is 9.15 Å². The summed E-state index contributed by atoms with van der Waals surface area (Å²) in [5.74, 6) is 0.608. The Morgan fingerprint density at radius 3 is 2.75 bits per heavy atom. The molecule has 0 bridgehead atoms. The van der Waals surface area contributed by atoms with Crippen LogP contribution in [0.25, 0.3) is 0 Å². The average Bonchev–Trinajstić information content (AvgIpc) is 3.29. The van der Waals surface area contributed by atoms with Gasteiger partial charge < -0.3 is 19.0 Å². The Morgan fingerprint density at radius 2 is 2.08 bits per heavy atom. The Bertz CT molecular complexity index is 599. The SMILES string of the molecule is O=C(c1ccco1)N1CCC(N2CC3(CCOC3)CCC2=O)CC1. The third kappa shape index (κ3) is 2.83. The summed E-state index contributed by atoms with van der Waals surface area (Å²) in [5.41, 5.74) is 0.176. The molecule has 3 aliphatic heterocycles. The molecule has 1 aromatic heterocycles. The van der Waals surface area contributed by atoms with Gasteiger partial charge in [0.25, 0.3) is 5.91 Å². The van der Waals surface area contributed by atoms with E-state index in [1.807, 2.05) is 4.90 Å². The van der Waals surface area contributed by atoms with Gasteiger partial charge in [0, 0.05) is 44.1 Å². The van der Waals surface area contributed by atoms with Crippen LogP contribution in [0.5, 0.6) is 0 Å². The fraction of sp³-hybridized carbons (Fsp3) is 0.667. The topological polar surface area (TPSA) is 63.0 Å². The van der Waals surface area contributed by atoms with Crippen molar-refractivity contribution in [2.24, 2.45) is 5.41 Å². The molecule has 1 unspecified atom stereocenters. The first-order valence-electron chi connectivity index (χ1n) is 8.87. The van der Waals surface area contributed by atoms with Crippen LogP contribution < -0.4 is 0 Å². The van der Waals surface area contributed by atoms with Crippen molar-refractivity contribution in [2.45, 2.75) is 38.1 Å². The van der Waals surface area contributed by atoms with Gasteiger partial charge in [0.15, 0.2) is 5.76 Å². The van der Waals surface area contributed by atoms with E-state index in [1.165, 1.54) is 6.26 Å². The van der Waals surface area contributed by atoms with Gasteiger partial charge in [-0.25, -0.2) is 0 Å². The van der Waals surface area contributed by atoms with Crippen molar-refractivity contribution < 1.29 is 18.7 Å². The van der Waals surface area contributed by atoms with Gasteiger partial charge >= 0.3 is 0 Å². The summed E-state index contributed by atoms with van der Waals surface area (Å²) in [6.07, 6.45) is 5.86. The highest BCUT2D eigenvalue weighted by Gasteiger charge is 2.44. The number of hydrogen-bond donors (Lipinski definition) is 0. The highest BCUT2D eigenvalue weighted by Crippen LogP contribution is 2.39. The predicted molar refractivity (Wildman–Crippen MR) is 86.4 cm³/mol. The van der Waals surface area contributed by atoms with E-state index in [0.717, 1.165) is 45.4 Å². The Kier molecular flexibility index (Phi) is 4.08. The van der Waals surface area contributed by atoms with Crippen LogP contribution >= 0.6 is 0 Å². The Balaban J connectivity index is 1.38. The van der Waals surface area contributed by atoms with Crippen LogP contribution in [0.3, 0.4) is 0 Å². The molecule has 3 saturated heterocycles. The molecule has 1 spiro atoms. The number of carbonyl (C=O) groups excluding carboxylic acids is 2. The number of furan rings is 1. The third-order valence-corrected chi connectivity index (χ3v) is 5.80. The minimum Gasteiger partial charge on any atom is -0.459 e. The quantitative estimate of drug-likeness (QED) is 0.830. The average molecular weight is 332 g/mol. The summed E-state index contributed by atoms with van der Waals surface area (Å²) in [4.78, 5) is 28.7. The fourth-order valence-electron chi connectivity index (χ4n) is 4.29. The highest BCUT2D eigenvalue weighted by molar-refractivity contribution is 5.91. The molecule has 1 atom stereocenters. The Labute approximate surface area is 141 Å². The fourth-order valence-corrected chi connectivity index (χ4v) is 4.29. The van der Waals surface area contributed by atoms with Gasteiger partial charge in [-0.3, -0.25) is 9.59 Å². The van der Waals surface area contributed by atoms with Gasteiger partial charge in [0.05, 0.1) is 12.9 Å². The molecule has 0 saturated carbocycles. The largest absolute Gasteiger partial charge is 0.459 e. The second-order valence-electron chi connectivity index (χ2n) is 7.32. The first-order chi connectivity index (χ1) is 11.7. The van der Waals surface area contributed by atoms with Gasteiger partial charge in [-0.05, 0) is 37.8 Å². The van der Waals surface area contributed by atoms with Crippen molar-refractivity contribution in [3.63, 3.8) is 0 Å². The van der Waals surface area contributed by atoms with Crippen molar-refractivity contribution in [3.8, 4) is 0 Å². The standard InChI is InChI=1S/C18H24N2O4/c21-16-3-6-18(7-11-23-13-18)12-20(16)14-4-8-19(9-5-14)17(22)15-2-1-10-24-15/h1-2,10,14H,3-9,11-13H2. The summed E-state index contributed by atoms with van der Waals surface area (Å²) in [6, 6.07) is 3.68. The molecular weight excluding hydrogens is 308 g/mol. The van der Waals surface area contributed by atoms with Gasteiger partial charge in [0.2, 0.25) is 5.91 Å². The molecule has 1 aromatic rings. The first kappa shape index (κ1) is 15.7. The highest BCUT2D eigenvalue weighted by atomic mass is 16.5. The van der Waals surface area contributed by atoms with Gasteiger partial charge in [-0.15, -0.1) is 0 Å². The van der Waals surface area contributed by atoms with Crippen LogP contribution in [-0.2, 0) is 9.53 Å². The number of ether oxygens (including phenoxy) is 1. The molecule has 2 amide bonds. The molecular formula is C18H24N2O4. The molecule has 6 heteroatoms. The molecule has 0 radical (unpaired) electrons. The van der Waals surface area contributed by atoms with E-state index >= 15 is 0 Å². The lowest BCUT2D eigenvalue weighted by Gasteiger charge is -2.45. The van der Waals surface area contributed by atoms with E-state index in [-0.39, 0.29) is 23.3 Å². The lowest BCUT2D eigenvalue weighted by Crippen LogP contribution is -2.54. The first-order valence-corrected chi connectivity index (χ1v) is 8.87. The second kappa shape index (κ2) is 6.24. The van der Waals surface area contributed by atoms with Crippen LogP contribution in [0.2, 0.25) is 0 Å². The molecule has 4 rings (SSSR count). The normalized spacial score (nSPS) is 28.8. The van der Waals surface area contributed by atoms with Crippen LogP contribution in [0.4, 0.5) is 0 Å². The molecule has 6 nitrogen and oxygen atoms in total. The van der Waals surface area contributed by atoms with Crippen molar-refractivity contribution >= 4 is 11.8 Å². The maximum absolute atomic E-state index is 12.4. The number of rotatable bonds is 2. The monoisotopic (exact) mass is 332 g/mol. The molecule has 0 aromatic carbocycles. The minimum absolute atomic E-state index is 0.0518. The van der Waals surface area contributed by atoms with Crippen molar-refractivity contribution in [3.05, 3.63) is 24.2 Å². The molecule has 0 aliphatic carbocycles. The maximum Gasteiger partial charge on any atom is 0.289 e. The van der Waals surface area contributed by atoms with E-state index in [1.54, 1.807) is 12.1 Å². The zero-order valence-corrected chi connectivity index (χ0v) is 13.9. The van der Waals surface area contributed by atoms with Gasteiger partial charge in [-0.2, -0.15) is 0 Å². The molecule has 24 heavy (non-hydrogen) atoms. The molecule has 3 fully saturated rings. The minimum atomic E-state index is -0.0518. The number of likely N-dealkylation sites (tertiary alicyclic amines) is 2. The Hall–Kier alpha value is -1.82. The smallest absolute Gasteiger partial charge is 0.289 e. The summed E-state index contributed by atoms with van der Waals surface area (Å²) in [6.45, 7) is 3.78. The molecule has 3 aliphatic rings. The third-order valence-electron chi connectivity index (χ3n) is 5.80. The van der Waals surface area contributed by atoms with Gasteiger partial charge in [-0.1, -0.05) is 0 Å². The second-order valence-corrected chi connectivity index (χ2v) is 7.32. The summed E-state index contributed by atoms with van der Waals surface area (Å²) < 4.78 is 10.8. The lowest BCUT2D eigenvalue weighted by atomic mass is 9.78. The van der Waals surface area contributed by atoms with Crippen LogP contribution in [0.15, 0.2) is 22.8 Å². The van der Waals surface area contributed by atoms with Gasteiger partial charge in [0.1, 0.15) is 0 Å². The zero-order chi connectivity index (χ0) is 16.6. The summed E-state index contributed by atoms with van der Waals surface area (Å²) >= 11 is 0. The zero-order valence-electron chi connectivity index (χ0n) is 13.9. The molecule has 4 heterocycles. The van der Waals surface area contributed by atoms with Crippen LogP contribution in [0.1, 0.15) is 42.7 Å². The number of piperidine rings is 2. The number of hydrogen-bond acceptors (Lipinski definition) is 4.